The van der Waals surface area contributed by atoms with E-state index in [0.717, 1.165) is 24.3 Å². The maximum Gasteiger partial charge on any atom is 0.261 e. The van der Waals surface area contributed by atoms with Gasteiger partial charge in [-0.2, -0.15) is 0 Å². The molecule has 0 bridgehead atoms. The Balaban J connectivity index is 1.70. The Morgan fingerprint density at radius 1 is 0.897 bits per heavy atom. The number of anilines is 1. The number of rotatable bonds is 6. The van der Waals surface area contributed by atoms with E-state index in [1.165, 1.54) is 54.6 Å². The Hall–Kier alpha value is -3.65. The van der Waals surface area contributed by atoms with Gasteiger partial charge < -0.3 is 10.2 Å². The summed E-state index contributed by atoms with van der Waals surface area (Å²) < 4.78 is 39.9. The van der Waals surface area contributed by atoms with Gasteiger partial charge in [-0.25, -0.2) is 12.8 Å². The van der Waals surface area contributed by atoms with Gasteiger partial charge in [-0.15, -0.1) is 0 Å². The van der Waals surface area contributed by atoms with Crippen LogP contribution < -0.4 is 4.72 Å². The molecule has 0 spiro atoms. The number of phenols is 2. The number of phenolic OH excluding ortho intramolecular Hbond substituents is 2. The molecule has 0 heterocycles. The van der Waals surface area contributed by atoms with Crippen molar-refractivity contribution in [3.63, 3.8) is 0 Å². The van der Waals surface area contributed by atoms with E-state index < -0.39 is 15.8 Å². The van der Waals surface area contributed by atoms with Gasteiger partial charge >= 0.3 is 0 Å². The molecular formula is C21H16FNO5S. The second-order valence-corrected chi connectivity index (χ2v) is 7.76. The minimum atomic E-state index is -3.88. The molecule has 0 aliphatic heterocycles. The predicted molar refractivity (Wildman–Crippen MR) is 107 cm³/mol. The molecule has 0 radical (unpaired) electrons. The number of nitrogens with one attached hydrogen (secondary N) is 1. The van der Waals surface area contributed by atoms with Crippen molar-refractivity contribution in [2.24, 2.45) is 0 Å². The van der Waals surface area contributed by atoms with E-state index in [9.17, 15) is 27.8 Å². The summed E-state index contributed by atoms with van der Waals surface area (Å²) in [4.78, 5) is 12.2. The molecule has 8 heteroatoms. The van der Waals surface area contributed by atoms with Gasteiger partial charge in [0, 0.05) is 11.3 Å². The molecule has 29 heavy (non-hydrogen) atoms. The van der Waals surface area contributed by atoms with E-state index >= 15 is 0 Å². The molecule has 3 aromatic carbocycles. The zero-order valence-electron chi connectivity index (χ0n) is 14.9. The van der Waals surface area contributed by atoms with Gasteiger partial charge in [0.1, 0.15) is 5.82 Å². The third-order valence-electron chi connectivity index (χ3n) is 3.97. The first-order valence-corrected chi connectivity index (χ1v) is 9.86. The monoisotopic (exact) mass is 413 g/mol. The number of carbonyl (C=O) groups excluding carboxylic acids is 1. The second kappa shape index (κ2) is 8.15. The highest BCUT2D eigenvalue weighted by atomic mass is 32.2. The van der Waals surface area contributed by atoms with Crippen LogP contribution in [0.2, 0.25) is 0 Å². The minimum absolute atomic E-state index is 0.0841. The van der Waals surface area contributed by atoms with Crippen molar-refractivity contribution in [3.8, 4) is 11.5 Å². The van der Waals surface area contributed by atoms with Crippen LogP contribution in [0.3, 0.4) is 0 Å². The van der Waals surface area contributed by atoms with Crippen LogP contribution in [0.15, 0.2) is 77.7 Å². The fraction of sp³-hybridized carbons (Fsp3) is 0. The molecule has 3 N–H and O–H groups in total. The topological polar surface area (TPSA) is 104 Å². The number of aromatic hydroxyl groups is 2. The van der Waals surface area contributed by atoms with Crippen molar-refractivity contribution in [1.82, 2.24) is 0 Å². The summed E-state index contributed by atoms with van der Waals surface area (Å²) in [6.45, 7) is 0. The van der Waals surface area contributed by atoms with Gasteiger partial charge in [0.2, 0.25) is 0 Å². The van der Waals surface area contributed by atoms with Crippen molar-refractivity contribution in [2.75, 3.05) is 4.72 Å². The lowest BCUT2D eigenvalue weighted by atomic mass is 10.1. The summed E-state index contributed by atoms with van der Waals surface area (Å²) in [5.41, 5.74) is 1.10. The van der Waals surface area contributed by atoms with E-state index in [0.29, 0.717) is 11.1 Å². The van der Waals surface area contributed by atoms with Crippen LogP contribution in [0.1, 0.15) is 15.9 Å². The maximum atomic E-state index is 13.0. The van der Waals surface area contributed by atoms with E-state index in [-0.39, 0.29) is 27.9 Å². The van der Waals surface area contributed by atoms with Gasteiger partial charge in [0.05, 0.1) is 4.90 Å². The molecule has 0 unspecified atom stereocenters. The normalized spacial score (nSPS) is 11.5. The predicted octanol–water partition coefficient (Wildman–Crippen LogP) is 3.93. The number of ketones is 1. The first-order valence-electron chi connectivity index (χ1n) is 8.37. The smallest absolute Gasteiger partial charge is 0.261 e. The fourth-order valence-corrected chi connectivity index (χ4v) is 3.50. The third kappa shape index (κ3) is 4.99. The van der Waals surface area contributed by atoms with E-state index in [1.807, 2.05) is 0 Å². The Kier molecular flexibility index (Phi) is 5.65. The Morgan fingerprint density at radius 2 is 1.55 bits per heavy atom. The molecule has 0 aromatic heterocycles. The molecular weight excluding hydrogens is 397 g/mol. The number of allylic oxidation sites excluding steroid dienone is 1. The largest absolute Gasteiger partial charge is 0.504 e. The summed E-state index contributed by atoms with van der Waals surface area (Å²) in [5, 5.41) is 18.7. The van der Waals surface area contributed by atoms with Crippen LogP contribution in [-0.4, -0.2) is 24.4 Å². The summed E-state index contributed by atoms with van der Waals surface area (Å²) in [6, 6.07) is 14.4. The lowest BCUT2D eigenvalue weighted by molar-refractivity contribution is 0.104. The second-order valence-electron chi connectivity index (χ2n) is 6.08. The van der Waals surface area contributed by atoms with Gasteiger partial charge in [-0.3, -0.25) is 9.52 Å². The Morgan fingerprint density at radius 3 is 2.17 bits per heavy atom. The fourth-order valence-electron chi connectivity index (χ4n) is 2.44. The van der Waals surface area contributed by atoms with Crippen molar-refractivity contribution in [3.05, 3.63) is 89.8 Å². The lowest BCUT2D eigenvalue weighted by Gasteiger charge is -2.08. The van der Waals surface area contributed by atoms with E-state index in [2.05, 4.69) is 4.72 Å². The average Bonchev–Trinajstić information content (AvgIpc) is 2.69. The van der Waals surface area contributed by atoms with E-state index in [4.69, 9.17) is 0 Å². The quantitative estimate of drug-likeness (QED) is 0.323. The number of carbonyl (C=O) groups is 1. The van der Waals surface area contributed by atoms with Crippen molar-refractivity contribution >= 4 is 27.6 Å². The van der Waals surface area contributed by atoms with Crippen molar-refractivity contribution < 1.29 is 27.8 Å². The van der Waals surface area contributed by atoms with Crippen LogP contribution >= 0.6 is 0 Å². The molecule has 3 rings (SSSR count). The molecule has 148 valence electrons. The molecule has 0 aliphatic rings. The number of halogens is 1. The van der Waals surface area contributed by atoms with Crippen LogP contribution in [-0.2, 0) is 10.0 Å². The van der Waals surface area contributed by atoms with Crippen LogP contribution in [0.4, 0.5) is 10.1 Å². The third-order valence-corrected chi connectivity index (χ3v) is 5.37. The summed E-state index contributed by atoms with van der Waals surface area (Å²) in [7, 11) is -3.88. The molecule has 6 nitrogen and oxygen atoms in total. The van der Waals surface area contributed by atoms with Gasteiger partial charge in [-0.05, 0) is 72.3 Å². The van der Waals surface area contributed by atoms with Crippen molar-refractivity contribution in [2.45, 2.75) is 4.90 Å². The Labute approximate surface area is 166 Å². The van der Waals surface area contributed by atoms with Crippen LogP contribution in [0.5, 0.6) is 11.5 Å². The zero-order valence-corrected chi connectivity index (χ0v) is 15.7. The number of sulfonamides is 1. The van der Waals surface area contributed by atoms with Crippen molar-refractivity contribution in [1.29, 1.82) is 0 Å². The molecule has 0 amide bonds. The van der Waals surface area contributed by atoms with E-state index in [1.54, 1.807) is 0 Å². The standard InChI is InChI=1S/C21H16FNO5S/c22-16-5-9-18(10-6-16)29(27,28)23-17-7-3-15(4-8-17)19(24)11-1-14-2-12-20(25)21(26)13-14/h1-13,23,25-26H/b11-1+. The summed E-state index contributed by atoms with van der Waals surface area (Å²) in [5.74, 6) is -1.42. The molecule has 0 saturated heterocycles. The highest BCUT2D eigenvalue weighted by molar-refractivity contribution is 7.92. The number of hydrogen-bond donors (Lipinski definition) is 3. The average molecular weight is 413 g/mol. The lowest BCUT2D eigenvalue weighted by Crippen LogP contribution is -2.13. The molecule has 0 saturated carbocycles. The minimum Gasteiger partial charge on any atom is -0.504 e. The van der Waals surface area contributed by atoms with Crippen LogP contribution in [0.25, 0.3) is 6.08 Å². The first kappa shape index (κ1) is 20.1. The zero-order chi connectivity index (χ0) is 21.0. The van der Waals surface area contributed by atoms with Gasteiger partial charge in [-0.1, -0.05) is 12.1 Å². The summed E-state index contributed by atoms with van der Waals surface area (Å²) >= 11 is 0. The highest BCUT2D eigenvalue weighted by Gasteiger charge is 2.14. The molecule has 0 fully saturated rings. The molecule has 0 aliphatic carbocycles. The summed E-state index contributed by atoms with van der Waals surface area (Å²) in [6.07, 6.45) is 2.77. The Bertz CT molecular complexity index is 1170. The SMILES string of the molecule is O=C(/C=C/c1ccc(O)c(O)c1)c1ccc(NS(=O)(=O)c2ccc(F)cc2)cc1. The first-order chi connectivity index (χ1) is 13.7. The van der Waals surface area contributed by atoms with Gasteiger partial charge in [0.25, 0.3) is 10.0 Å². The number of benzene rings is 3. The number of hydrogen-bond acceptors (Lipinski definition) is 5. The molecule has 3 aromatic rings. The highest BCUT2D eigenvalue weighted by Crippen LogP contribution is 2.25. The van der Waals surface area contributed by atoms with Crippen LogP contribution in [0, 0.1) is 5.82 Å². The molecule has 0 atom stereocenters. The van der Waals surface area contributed by atoms with Gasteiger partial charge in [0.15, 0.2) is 17.3 Å². The maximum absolute atomic E-state index is 13.0.